The Balaban J connectivity index is 2.11. The van der Waals surface area contributed by atoms with Crippen LogP contribution < -0.4 is 5.32 Å². The van der Waals surface area contributed by atoms with Crippen molar-refractivity contribution in [1.29, 1.82) is 0 Å². The van der Waals surface area contributed by atoms with Gasteiger partial charge >= 0.3 is 0 Å². The van der Waals surface area contributed by atoms with E-state index < -0.39 is 0 Å². The Morgan fingerprint density at radius 1 is 1.36 bits per heavy atom. The van der Waals surface area contributed by atoms with E-state index in [1.807, 2.05) is 12.4 Å². The number of nitrogens with one attached hydrogen (secondary N) is 1. The number of anilines is 1. The van der Waals surface area contributed by atoms with Gasteiger partial charge in [-0.2, -0.15) is 0 Å². The van der Waals surface area contributed by atoms with Crippen molar-refractivity contribution >= 4 is 11.9 Å². The van der Waals surface area contributed by atoms with Gasteiger partial charge in [0.2, 0.25) is 0 Å². The Bertz CT molecular complexity index is 432. The molecule has 2 heteroatoms. The van der Waals surface area contributed by atoms with E-state index in [9.17, 15) is 0 Å². The fraction of sp³-hybridized carbons (Fsp3) is 0.250. The van der Waals surface area contributed by atoms with Gasteiger partial charge in [-0.15, -0.1) is 0 Å². The van der Waals surface area contributed by atoms with Gasteiger partial charge in [0.25, 0.3) is 0 Å². The molecule has 3 rings (SSSR count). The zero-order valence-corrected chi connectivity index (χ0v) is 8.07. The highest BCUT2D eigenvalue weighted by molar-refractivity contribution is 5.79. The Labute approximate surface area is 83.4 Å². The summed E-state index contributed by atoms with van der Waals surface area (Å²) in [5.41, 5.74) is 3.96. The lowest BCUT2D eigenvalue weighted by molar-refractivity contribution is 0.847. The van der Waals surface area contributed by atoms with Crippen molar-refractivity contribution in [3.8, 4) is 0 Å². The van der Waals surface area contributed by atoms with E-state index in [1.54, 1.807) is 0 Å². The SMILES string of the molecule is Cc1ccc2c(c1)NC1C=NC=CC21. The Hall–Kier alpha value is -1.57. The third kappa shape index (κ3) is 1.00. The van der Waals surface area contributed by atoms with Crippen LogP contribution in [0.15, 0.2) is 35.5 Å². The summed E-state index contributed by atoms with van der Waals surface area (Å²) < 4.78 is 0. The van der Waals surface area contributed by atoms with Crippen molar-refractivity contribution in [3.63, 3.8) is 0 Å². The van der Waals surface area contributed by atoms with Gasteiger partial charge in [0, 0.05) is 24.0 Å². The molecule has 14 heavy (non-hydrogen) atoms. The summed E-state index contributed by atoms with van der Waals surface area (Å²) in [6, 6.07) is 6.95. The molecule has 0 aliphatic carbocycles. The number of aliphatic imine (C=N–C) groups is 1. The fourth-order valence-electron chi connectivity index (χ4n) is 2.19. The molecule has 2 aliphatic rings. The number of rotatable bonds is 0. The summed E-state index contributed by atoms with van der Waals surface area (Å²) in [5.74, 6) is 0.475. The molecule has 0 fully saturated rings. The fourth-order valence-corrected chi connectivity index (χ4v) is 2.19. The maximum absolute atomic E-state index is 4.16. The molecule has 0 radical (unpaired) electrons. The number of nitrogens with zero attached hydrogens (tertiary/aromatic N) is 1. The van der Waals surface area contributed by atoms with Gasteiger partial charge in [0.15, 0.2) is 0 Å². The van der Waals surface area contributed by atoms with E-state index in [-0.39, 0.29) is 0 Å². The predicted molar refractivity (Wildman–Crippen MR) is 59.0 cm³/mol. The molecule has 0 amide bonds. The second-order valence-corrected chi connectivity index (χ2v) is 3.93. The summed E-state index contributed by atoms with van der Waals surface area (Å²) in [5, 5.41) is 3.48. The average molecular weight is 184 g/mol. The molecule has 70 valence electrons. The van der Waals surface area contributed by atoms with Crippen molar-refractivity contribution in [3.05, 3.63) is 41.6 Å². The first kappa shape index (κ1) is 7.80. The monoisotopic (exact) mass is 184 g/mol. The smallest absolute Gasteiger partial charge is 0.0720 e. The third-order valence-corrected chi connectivity index (χ3v) is 2.90. The van der Waals surface area contributed by atoms with E-state index in [1.165, 1.54) is 16.8 Å². The molecule has 2 heterocycles. The van der Waals surface area contributed by atoms with Gasteiger partial charge in [-0.3, -0.25) is 4.99 Å². The molecule has 2 aliphatic heterocycles. The van der Waals surface area contributed by atoms with Crippen LogP contribution in [-0.4, -0.2) is 12.3 Å². The number of hydrogen-bond acceptors (Lipinski definition) is 2. The van der Waals surface area contributed by atoms with Crippen LogP contribution in [0.5, 0.6) is 0 Å². The van der Waals surface area contributed by atoms with Crippen LogP contribution in [0.4, 0.5) is 5.69 Å². The van der Waals surface area contributed by atoms with Crippen molar-refractivity contribution < 1.29 is 0 Å². The molecule has 1 aromatic carbocycles. The first-order valence-electron chi connectivity index (χ1n) is 4.92. The molecule has 0 aromatic heterocycles. The number of hydrogen-bond donors (Lipinski definition) is 1. The summed E-state index contributed by atoms with van der Waals surface area (Å²) in [7, 11) is 0. The topological polar surface area (TPSA) is 24.4 Å². The molecule has 2 unspecified atom stereocenters. The van der Waals surface area contributed by atoms with Crippen LogP contribution in [0.1, 0.15) is 17.0 Å². The molecular formula is C12H12N2. The van der Waals surface area contributed by atoms with E-state index in [4.69, 9.17) is 0 Å². The van der Waals surface area contributed by atoms with Crippen LogP contribution in [-0.2, 0) is 0 Å². The quantitative estimate of drug-likeness (QED) is 0.658. The highest BCUT2D eigenvalue weighted by Gasteiger charge is 2.29. The minimum Gasteiger partial charge on any atom is -0.376 e. The van der Waals surface area contributed by atoms with E-state index in [0.717, 1.165) is 0 Å². The predicted octanol–water partition coefficient (Wildman–Crippen LogP) is 2.47. The summed E-state index contributed by atoms with van der Waals surface area (Å²) >= 11 is 0. The van der Waals surface area contributed by atoms with Crippen molar-refractivity contribution in [2.45, 2.75) is 18.9 Å². The van der Waals surface area contributed by atoms with Crippen LogP contribution in [0.25, 0.3) is 0 Å². The number of aryl methyl sites for hydroxylation is 1. The van der Waals surface area contributed by atoms with Gasteiger partial charge in [0.1, 0.15) is 0 Å². The van der Waals surface area contributed by atoms with Crippen molar-refractivity contribution in [1.82, 2.24) is 0 Å². The van der Waals surface area contributed by atoms with Crippen molar-refractivity contribution in [2.24, 2.45) is 4.99 Å². The first-order chi connectivity index (χ1) is 6.84. The Morgan fingerprint density at radius 3 is 3.21 bits per heavy atom. The molecule has 1 N–H and O–H groups in total. The van der Waals surface area contributed by atoms with Gasteiger partial charge in [-0.25, -0.2) is 0 Å². The standard InChI is InChI=1S/C12H12N2/c1-8-2-3-9-10-4-5-13-7-12(10)14-11(9)6-8/h2-7,10,12,14H,1H3. The molecule has 2 nitrogen and oxygen atoms in total. The normalized spacial score (nSPS) is 26.9. The molecule has 0 spiro atoms. The highest BCUT2D eigenvalue weighted by Crippen LogP contribution is 2.37. The Morgan fingerprint density at radius 2 is 2.29 bits per heavy atom. The zero-order chi connectivity index (χ0) is 9.54. The average Bonchev–Trinajstić information content (AvgIpc) is 2.54. The second kappa shape index (κ2) is 2.71. The van der Waals surface area contributed by atoms with Gasteiger partial charge in [0.05, 0.1) is 6.04 Å². The molecule has 2 atom stereocenters. The van der Waals surface area contributed by atoms with E-state index in [0.29, 0.717) is 12.0 Å². The van der Waals surface area contributed by atoms with Crippen LogP contribution in [0.2, 0.25) is 0 Å². The summed E-state index contributed by atoms with van der Waals surface area (Å²) in [6.07, 6.45) is 6.04. The molecule has 0 saturated heterocycles. The largest absolute Gasteiger partial charge is 0.376 e. The summed E-state index contributed by atoms with van der Waals surface area (Å²) in [6.45, 7) is 2.12. The highest BCUT2D eigenvalue weighted by atomic mass is 15.0. The minimum atomic E-state index is 0.358. The molecule has 1 aromatic rings. The van der Waals surface area contributed by atoms with Crippen LogP contribution in [0.3, 0.4) is 0 Å². The van der Waals surface area contributed by atoms with E-state index in [2.05, 4.69) is 41.5 Å². The number of fused-ring (bicyclic) bond motifs is 3. The lowest BCUT2D eigenvalue weighted by Gasteiger charge is -2.14. The molecular weight excluding hydrogens is 172 g/mol. The zero-order valence-electron chi connectivity index (χ0n) is 8.07. The van der Waals surface area contributed by atoms with Crippen LogP contribution >= 0.6 is 0 Å². The number of benzene rings is 1. The molecule has 0 bridgehead atoms. The Kier molecular flexibility index (Phi) is 1.51. The van der Waals surface area contributed by atoms with Gasteiger partial charge in [-0.05, 0) is 24.1 Å². The minimum absolute atomic E-state index is 0.358. The van der Waals surface area contributed by atoms with E-state index >= 15 is 0 Å². The van der Waals surface area contributed by atoms with Gasteiger partial charge < -0.3 is 5.32 Å². The lowest BCUT2D eigenvalue weighted by atomic mass is 9.94. The van der Waals surface area contributed by atoms with Crippen molar-refractivity contribution in [2.75, 3.05) is 5.32 Å². The van der Waals surface area contributed by atoms with Crippen LogP contribution in [0, 0.1) is 6.92 Å². The first-order valence-corrected chi connectivity index (χ1v) is 4.92. The lowest BCUT2D eigenvalue weighted by Crippen LogP contribution is -2.22. The maximum atomic E-state index is 4.16. The van der Waals surface area contributed by atoms with Gasteiger partial charge in [-0.1, -0.05) is 18.2 Å². The maximum Gasteiger partial charge on any atom is 0.0720 e. The second-order valence-electron chi connectivity index (χ2n) is 3.93. The summed E-state index contributed by atoms with van der Waals surface area (Å²) in [4.78, 5) is 4.16. The molecule has 0 saturated carbocycles. The third-order valence-electron chi connectivity index (χ3n) is 2.90.